The zero-order valence-electron chi connectivity index (χ0n) is 13.5. The van der Waals surface area contributed by atoms with Crippen molar-refractivity contribution in [1.82, 2.24) is 9.55 Å². The molecule has 0 aliphatic carbocycles. The summed E-state index contributed by atoms with van der Waals surface area (Å²) in [6, 6.07) is 5.72. The van der Waals surface area contributed by atoms with Crippen LogP contribution in [0.5, 0.6) is 0 Å². The molecule has 0 aliphatic rings. The number of halogens is 1. The predicted molar refractivity (Wildman–Crippen MR) is 101 cm³/mol. The van der Waals surface area contributed by atoms with Gasteiger partial charge in [0.25, 0.3) is 11.5 Å². The minimum absolute atomic E-state index is 0.105. The summed E-state index contributed by atoms with van der Waals surface area (Å²) in [7, 11) is 0. The first-order chi connectivity index (χ1) is 11.4. The van der Waals surface area contributed by atoms with Gasteiger partial charge in [0.15, 0.2) is 0 Å². The number of thiophene rings is 1. The van der Waals surface area contributed by atoms with Gasteiger partial charge in [-0.1, -0.05) is 6.07 Å². The summed E-state index contributed by atoms with van der Waals surface area (Å²) >= 11 is 4.70. The number of anilines is 1. The van der Waals surface area contributed by atoms with Crippen LogP contribution in [0.15, 0.2) is 33.8 Å². The fraction of sp³-hybridized carbons (Fsp3) is 0.235. The average Bonchev–Trinajstić information content (AvgIpc) is 2.88. The van der Waals surface area contributed by atoms with Crippen molar-refractivity contribution in [3.8, 4) is 0 Å². The molecule has 0 unspecified atom stereocenters. The highest BCUT2D eigenvalue weighted by molar-refractivity contribution is 9.10. The van der Waals surface area contributed by atoms with Gasteiger partial charge in [-0.25, -0.2) is 4.98 Å². The third kappa shape index (κ3) is 2.89. The van der Waals surface area contributed by atoms with E-state index in [1.807, 2.05) is 32.0 Å². The Morgan fingerprint density at radius 1 is 1.38 bits per heavy atom. The lowest BCUT2D eigenvalue weighted by atomic mass is 10.2. The average molecular weight is 406 g/mol. The number of rotatable bonds is 3. The number of amides is 1. The summed E-state index contributed by atoms with van der Waals surface area (Å²) < 4.78 is 2.36. The minimum atomic E-state index is -0.234. The van der Waals surface area contributed by atoms with Gasteiger partial charge in [-0.05, 0) is 60.0 Å². The molecule has 1 N–H and O–H groups in total. The van der Waals surface area contributed by atoms with Gasteiger partial charge < -0.3 is 5.32 Å². The van der Waals surface area contributed by atoms with Gasteiger partial charge in [-0.3, -0.25) is 14.2 Å². The van der Waals surface area contributed by atoms with E-state index in [2.05, 4.69) is 26.2 Å². The van der Waals surface area contributed by atoms with Crippen molar-refractivity contribution in [3.05, 3.63) is 55.4 Å². The highest BCUT2D eigenvalue weighted by atomic mass is 79.9. The van der Waals surface area contributed by atoms with Crippen LogP contribution in [0.3, 0.4) is 0 Å². The molecule has 0 aliphatic heterocycles. The number of nitrogens with one attached hydrogen (secondary N) is 1. The summed E-state index contributed by atoms with van der Waals surface area (Å²) in [5, 5.41) is 3.42. The smallest absolute Gasteiger partial charge is 0.266 e. The zero-order valence-corrected chi connectivity index (χ0v) is 15.9. The van der Waals surface area contributed by atoms with Crippen LogP contribution in [0.4, 0.5) is 5.69 Å². The highest BCUT2D eigenvalue weighted by Crippen LogP contribution is 2.29. The van der Waals surface area contributed by atoms with E-state index in [-0.39, 0.29) is 11.5 Å². The van der Waals surface area contributed by atoms with Crippen LogP contribution < -0.4 is 10.9 Å². The van der Waals surface area contributed by atoms with E-state index in [1.165, 1.54) is 17.7 Å². The summed E-state index contributed by atoms with van der Waals surface area (Å²) in [6.45, 7) is 6.21. The summed E-state index contributed by atoms with van der Waals surface area (Å²) in [5.74, 6) is -0.234. The van der Waals surface area contributed by atoms with Crippen LogP contribution in [0.25, 0.3) is 10.2 Å². The Bertz CT molecular complexity index is 1010. The molecule has 0 atom stereocenters. The van der Waals surface area contributed by atoms with Crippen molar-refractivity contribution < 1.29 is 4.79 Å². The van der Waals surface area contributed by atoms with E-state index in [9.17, 15) is 9.59 Å². The third-order valence-electron chi connectivity index (χ3n) is 3.84. The predicted octanol–water partition coefficient (Wildman–Crippen LogP) is 4.11. The van der Waals surface area contributed by atoms with Crippen molar-refractivity contribution in [2.75, 3.05) is 5.32 Å². The normalized spacial score (nSPS) is 11.0. The highest BCUT2D eigenvalue weighted by Gasteiger charge is 2.19. The van der Waals surface area contributed by atoms with Gasteiger partial charge >= 0.3 is 0 Å². The molecule has 3 aromatic rings. The molecular weight excluding hydrogens is 390 g/mol. The molecule has 7 heteroatoms. The fourth-order valence-corrected chi connectivity index (χ4v) is 4.13. The standard InChI is InChI=1S/C17H16BrN3O2S/c1-4-21-8-19-16-13(17(21)23)10(3)14(24-16)15(22)20-12-6-5-9(2)7-11(12)18/h5-8H,4H2,1-3H3,(H,20,22). The van der Waals surface area contributed by atoms with E-state index < -0.39 is 0 Å². The molecule has 0 radical (unpaired) electrons. The van der Waals surface area contributed by atoms with Crippen LogP contribution in [0.1, 0.15) is 27.7 Å². The Morgan fingerprint density at radius 2 is 2.12 bits per heavy atom. The monoisotopic (exact) mass is 405 g/mol. The molecule has 2 heterocycles. The number of aryl methyl sites for hydroxylation is 3. The SMILES string of the molecule is CCn1cnc2sc(C(=O)Nc3ccc(C)cc3Br)c(C)c2c1=O. The van der Waals surface area contributed by atoms with Crippen molar-refractivity contribution in [2.24, 2.45) is 0 Å². The number of nitrogens with zero attached hydrogens (tertiary/aromatic N) is 2. The summed E-state index contributed by atoms with van der Waals surface area (Å²) in [4.78, 5) is 30.5. The van der Waals surface area contributed by atoms with Crippen molar-refractivity contribution in [2.45, 2.75) is 27.3 Å². The molecule has 1 aromatic carbocycles. The number of hydrogen-bond donors (Lipinski definition) is 1. The number of carbonyl (C=O) groups is 1. The van der Waals surface area contributed by atoms with Gasteiger partial charge in [0.1, 0.15) is 4.83 Å². The second-order valence-electron chi connectivity index (χ2n) is 5.51. The van der Waals surface area contributed by atoms with Crippen LogP contribution in [-0.4, -0.2) is 15.5 Å². The number of hydrogen-bond acceptors (Lipinski definition) is 4. The third-order valence-corrected chi connectivity index (χ3v) is 5.69. The van der Waals surface area contributed by atoms with Crippen LogP contribution in [0.2, 0.25) is 0 Å². The van der Waals surface area contributed by atoms with Crippen LogP contribution in [0, 0.1) is 13.8 Å². The van der Waals surface area contributed by atoms with E-state index in [0.29, 0.717) is 32.9 Å². The number of fused-ring (bicyclic) bond motifs is 1. The Kier molecular flexibility index (Phi) is 4.56. The second kappa shape index (κ2) is 6.49. The molecular formula is C17H16BrN3O2S. The van der Waals surface area contributed by atoms with Gasteiger partial charge in [0, 0.05) is 11.0 Å². The van der Waals surface area contributed by atoms with Crippen LogP contribution >= 0.6 is 27.3 Å². The first kappa shape index (κ1) is 16.9. The van der Waals surface area contributed by atoms with Crippen LogP contribution in [-0.2, 0) is 6.54 Å². The Balaban J connectivity index is 2.03. The maximum absolute atomic E-state index is 12.6. The largest absolute Gasteiger partial charge is 0.320 e. The lowest BCUT2D eigenvalue weighted by Crippen LogP contribution is -2.19. The molecule has 0 saturated carbocycles. The molecule has 1 amide bonds. The lowest BCUT2D eigenvalue weighted by molar-refractivity contribution is 0.103. The van der Waals surface area contributed by atoms with E-state index in [4.69, 9.17) is 0 Å². The van der Waals surface area contributed by atoms with Crippen molar-refractivity contribution in [1.29, 1.82) is 0 Å². The quantitative estimate of drug-likeness (QED) is 0.712. The fourth-order valence-electron chi connectivity index (χ4n) is 2.50. The molecule has 5 nitrogen and oxygen atoms in total. The molecule has 0 fully saturated rings. The maximum Gasteiger partial charge on any atom is 0.266 e. The van der Waals surface area contributed by atoms with Gasteiger partial charge in [-0.15, -0.1) is 11.3 Å². The summed E-state index contributed by atoms with van der Waals surface area (Å²) in [6.07, 6.45) is 1.53. The molecule has 3 rings (SSSR count). The lowest BCUT2D eigenvalue weighted by Gasteiger charge is -2.07. The van der Waals surface area contributed by atoms with Gasteiger partial charge in [-0.2, -0.15) is 0 Å². The summed E-state index contributed by atoms with van der Waals surface area (Å²) in [5.41, 5.74) is 2.37. The Morgan fingerprint density at radius 3 is 2.79 bits per heavy atom. The number of carbonyl (C=O) groups excluding carboxylic acids is 1. The topological polar surface area (TPSA) is 64.0 Å². The van der Waals surface area contributed by atoms with E-state index >= 15 is 0 Å². The Hall–Kier alpha value is -1.99. The first-order valence-electron chi connectivity index (χ1n) is 7.48. The maximum atomic E-state index is 12.6. The number of benzene rings is 1. The van der Waals surface area contributed by atoms with Crippen molar-refractivity contribution in [3.63, 3.8) is 0 Å². The second-order valence-corrected chi connectivity index (χ2v) is 7.36. The Labute approximate surface area is 151 Å². The van der Waals surface area contributed by atoms with Crippen molar-refractivity contribution >= 4 is 49.1 Å². The van der Waals surface area contributed by atoms with Gasteiger partial charge in [0.05, 0.1) is 22.3 Å². The molecule has 0 spiro atoms. The zero-order chi connectivity index (χ0) is 17.4. The first-order valence-corrected chi connectivity index (χ1v) is 9.09. The molecule has 2 aromatic heterocycles. The number of aromatic nitrogens is 2. The molecule has 0 bridgehead atoms. The molecule has 124 valence electrons. The molecule has 24 heavy (non-hydrogen) atoms. The van der Waals surface area contributed by atoms with E-state index in [0.717, 1.165) is 10.0 Å². The molecule has 0 saturated heterocycles. The van der Waals surface area contributed by atoms with Gasteiger partial charge in [0.2, 0.25) is 0 Å². The minimum Gasteiger partial charge on any atom is -0.320 e. The van der Waals surface area contributed by atoms with E-state index in [1.54, 1.807) is 11.5 Å².